The highest BCUT2D eigenvalue weighted by Crippen LogP contribution is 2.25. The summed E-state index contributed by atoms with van der Waals surface area (Å²) in [6, 6.07) is 5.19. The van der Waals surface area contributed by atoms with Crippen LogP contribution in [0.5, 0.6) is 0 Å². The number of nitrogens with one attached hydrogen (secondary N) is 1. The molecule has 7 heteroatoms. The molecule has 1 amide bonds. The Morgan fingerprint density at radius 3 is 2.67 bits per heavy atom. The van der Waals surface area contributed by atoms with Gasteiger partial charge in [-0.2, -0.15) is 0 Å². The molecule has 1 aromatic rings. The number of aliphatic carboxylic acids is 1. The van der Waals surface area contributed by atoms with Gasteiger partial charge in [0.1, 0.15) is 0 Å². The van der Waals surface area contributed by atoms with E-state index in [0.29, 0.717) is 23.8 Å². The molecule has 0 aromatic heterocycles. The number of carbonyl (C=O) groups is 2. The van der Waals surface area contributed by atoms with E-state index in [4.69, 9.17) is 16.7 Å². The molecule has 1 unspecified atom stereocenters. The number of anilines is 1. The third-order valence-electron chi connectivity index (χ3n) is 2.97. The number of hydrogen-bond acceptors (Lipinski definition) is 3. The first-order chi connectivity index (χ1) is 9.83. The van der Waals surface area contributed by atoms with Crippen molar-refractivity contribution in [1.82, 2.24) is 4.90 Å². The van der Waals surface area contributed by atoms with E-state index < -0.39 is 11.9 Å². The Labute approximate surface area is 137 Å². The van der Waals surface area contributed by atoms with E-state index >= 15 is 0 Å². The fraction of sp³-hybridized carbons (Fsp3) is 0.429. The molecule has 0 spiro atoms. The molecule has 116 valence electrons. The minimum atomic E-state index is -0.871. The van der Waals surface area contributed by atoms with Gasteiger partial charge in [-0.1, -0.05) is 41.4 Å². The zero-order valence-electron chi connectivity index (χ0n) is 11.9. The van der Waals surface area contributed by atoms with E-state index in [1.54, 1.807) is 30.0 Å². The molecule has 1 atom stereocenters. The minimum absolute atomic E-state index is 0.126. The van der Waals surface area contributed by atoms with Crippen LogP contribution in [0, 0.1) is 5.92 Å². The fourth-order valence-corrected chi connectivity index (χ4v) is 2.48. The molecule has 0 aliphatic rings. The smallest absolute Gasteiger partial charge is 0.307 e. The van der Waals surface area contributed by atoms with Gasteiger partial charge in [0.2, 0.25) is 5.91 Å². The van der Waals surface area contributed by atoms with Gasteiger partial charge < -0.3 is 10.4 Å². The van der Waals surface area contributed by atoms with Crippen molar-refractivity contribution < 1.29 is 14.7 Å². The Hall–Kier alpha value is -1.11. The van der Waals surface area contributed by atoms with Crippen molar-refractivity contribution in [2.24, 2.45) is 5.92 Å². The lowest BCUT2D eigenvalue weighted by molar-refractivity contribution is -0.142. The second-order valence-electron chi connectivity index (χ2n) is 4.74. The molecule has 2 N–H and O–H groups in total. The maximum Gasteiger partial charge on any atom is 0.307 e. The van der Waals surface area contributed by atoms with Crippen molar-refractivity contribution in [3.05, 3.63) is 27.7 Å². The number of carbonyl (C=O) groups excluding carboxylic acids is 1. The van der Waals surface area contributed by atoms with Crippen LogP contribution < -0.4 is 5.32 Å². The summed E-state index contributed by atoms with van der Waals surface area (Å²) in [7, 11) is 0. The molecule has 0 heterocycles. The number of halogens is 2. The largest absolute Gasteiger partial charge is 0.481 e. The Balaban J connectivity index is 2.60. The molecule has 1 aromatic carbocycles. The first kappa shape index (κ1) is 17.9. The molecule has 0 aliphatic carbocycles. The Bertz CT molecular complexity index is 525. The van der Waals surface area contributed by atoms with Crippen LogP contribution in [0.1, 0.15) is 13.8 Å². The van der Waals surface area contributed by atoms with E-state index in [0.717, 1.165) is 4.47 Å². The van der Waals surface area contributed by atoms with Crippen LogP contribution in [0.4, 0.5) is 5.69 Å². The van der Waals surface area contributed by atoms with E-state index in [2.05, 4.69) is 21.2 Å². The standard InChI is InChI=1S/C14H18BrClN2O3/c1-3-18(7-9(2)14(20)21)8-13(19)17-12-5-4-10(15)6-11(12)16/h4-6,9H,3,7-8H2,1-2H3,(H,17,19)(H,20,21). The molecule has 0 bridgehead atoms. The zero-order chi connectivity index (χ0) is 16.0. The highest BCUT2D eigenvalue weighted by molar-refractivity contribution is 9.10. The summed E-state index contributed by atoms with van der Waals surface area (Å²) in [6.45, 7) is 4.55. The van der Waals surface area contributed by atoms with Crippen molar-refractivity contribution in [2.75, 3.05) is 25.0 Å². The van der Waals surface area contributed by atoms with Crippen molar-refractivity contribution >= 4 is 45.1 Å². The summed E-state index contributed by atoms with van der Waals surface area (Å²) in [4.78, 5) is 24.6. The van der Waals surface area contributed by atoms with Gasteiger partial charge in [-0.25, -0.2) is 0 Å². The Morgan fingerprint density at radius 2 is 2.14 bits per heavy atom. The van der Waals surface area contributed by atoms with Gasteiger partial charge in [-0.05, 0) is 24.7 Å². The van der Waals surface area contributed by atoms with E-state index in [1.165, 1.54) is 0 Å². The van der Waals surface area contributed by atoms with Gasteiger partial charge in [0.25, 0.3) is 0 Å². The molecule has 1 rings (SSSR count). The molecule has 0 saturated carbocycles. The minimum Gasteiger partial charge on any atom is -0.481 e. The van der Waals surface area contributed by atoms with Crippen LogP contribution in [0.25, 0.3) is 0 Å². The Morgan fingerprint density at radius 1 is 1.48 bits per heavy atom. The summed E-state index contributed by atoms with van der Waals surface area (Å²) in [5.74, 6) is -1.61. The highest BCUT2D eigenvalue weighted by Gasteiger charge is 2.17. The highest BCUT2D eigenvalue weighted by atomic mass is 79.9. The first-order valence-electron chi connectivity index (χ1n) is 6.53. The summed E-state index contributed by atoms with van der Waals surface area (Å²) in [5, 5.41) is 12.1. The Kier molecular flexibility index (Phi) is 7.14. The summed E-state index contributed by atoms with van der Waals surface area (Å²) in [5.41, 5.74) is 0.534. The first-order valence-corrected chi connectivity index (χ1v) is 7.70. The third kappa shape index (κ3) is 6.03. The van der Waals surface area contributed by atoms with E-state index in [-0.39, 0.29) is 12.5 Å². The molecular weight excluding hydrogens is 360 g/mol. The number of nitrogens with zero attached hydrogens (tertiary/aromatic N) is 1. The lowest BCUT2D eigenvalue weighted by Crippen LogP contribution is -2.37. The maximum atomic E-state index is 12.0. The van der Waals surface area contributed by atoms with Crippen LogP contribution in [0.2, 0.25) is 5.02 Å². The average molecular weight is 378 g/mol. The number of rotatable bonds is 7. The van der Waals surface area contributed by atoms with Crippen molar-refractivity contribution in [3.63, 3.8) is 0 Å². The summed E-state index contributed by atoms with van der Waals surface area (Å²) in [6.07, 6.45) is 0. The van der Waals surface area contributed by atoms with Crippen LogP contribution in [0.3, 0.4) is 0 Å². The fourth-order valence-electron chi connectivity index (χ4n) is 1.75. The second kappa shape index (κ2) is 8.36. The summed E-state index contributed by atoms with van der Waals surface area (Å²) >= 11 is 9.33. The van der Waals surface area contributed by atoms with Crippen molar-refractivity contribution in [3.8, 4) is 0 Å². The molecular formula is C14H18BrClN2O3. The van der Waals surface area contributed by atoms with Gasteiger partial charge in [-0.3, -0.25) is 14.5 Å². The zero-order valence-corrected chi connectivity index (χ0v) is 14.2. The normalized spacial score (nSPS) is 12.2. The van der Waals surface area contributed by atoms with Crippen LogP contribution in [0.15, 0.2) is 22.7 Å². The van der Waals surface area contributed by atoms with Gasteiger partial charge in [0.05, 0.1) is 23.2 Å². The maximum absolute atomic E-state index is 12.0. The van der Waals surface area contributed by atoms with Gasteiger partial charge in [0.15, 0.2) is 0 Å². The van der Waals surface area contributed by atoms with E-state index in [9.17, 15) is 9.59 Å². The van der Waals surface area contributed by atoms with Gasteiger partial charge in [-0.15, -0.1) is 0 Å². The third-order valence-corrected chi connectivity index (χ3v) is 3.78. The van der Waals surface area contributed by atoms with Gasteiger partial charge >= 0.3 is 5.97 Å². The summed E-state index contributed by atoms with van der Waals surface area (Å²) < 4.78 is 0.830. The van der Waals surface area contributed by atoms with Crippen molar-refractivity contribution in [1.29, 1.82) is 0 Å². The number of amides is 1. The molecule has 0 aliphatic heterocycles. The van der Waals surface area contributed by atoms with E-state index in [1.807, 2.05) is 6.92 Å². The predicted octanol–water partition coefficient (Wildman–Crippen LogP) is 3.08. The molecule has 0 fully saturated rings. The number of hydrogen-bond donors (Lipinski definition) is 2. The van der Waals surface area contributed by atoms with Crippen LogP contribution in [-0.4, -0.2) is 41.5 Å². The molecule has 0 radical (unpaired) electrons. The number of carboxylic acid groups (broad SMARTS) is 1. The van der Waals surface area contributed by atoms with Gasteiger partial charge in [0, 0.05) is 11.0 Å². The van der Waals surface area contributed by atoms with Crippen molar-refractivity contribution in [2.45, 2.75) is 13.8 Å². The van der Waals surface area contributed by atoms with Crippen LogP contribution in [-0.2, 0) is 9.59 Å². The topological polar surface area (TPSA) is 69.6 Å². The lowest BCUT2D eigenvalue weighted by Gasteiger charge is -2.22. The SMILES string of the molecule is CCN(CC(=O)Nc1ccc(Br)cc1Cl)CC(C)C(=O)O. The monoisotopic (exact) mass is 376 g/mol. The number of carboxylic acids is 1. The second-order valence-corrected chi connectivity index (χ2v) is 6.06. The number of likely N-dealkylation sites (N-methyl/N-ethyl adjacent to an activating group) is 1. The average Bonchev–Trinajstić information content (AvgIpc) is 2.40. The quantitative estimate of drug-likeness (QED) is 0.766. The molecule has 5 nitrogen and oxygen atoms in total. The lowest BCUT2D eigenvalue weighted by atomic mass is 10.1. The molecule has 0 saturated heterocycles. The number of benzene rings is 1. The van der Waals surface area contributed by atoms with Crippen LogP contribution >= 0.6 is 27.5 Å². The molecule has 21 heavy (non-hydrogen) atoms. The predicted molar refractivity (Wildman–Crippen MR) is 86.7 cm³/mol.